The Labute approximate surface area is 248 Å². The number of ether oxygens (including phenoxy) is 6. The Bertz CT molecular complexity index is 884. The van der Waals surface area contributed by atoms with Crippen molar-refractivity contribution in [2.24, 2.45) is 0 Å². The van der Waals surface area contributed by atoms with Gasteiger partial charge >= 0.3 is 0 Å². The minimum absolute atomic E-state index is 0.142. The molecule has 42 heavy (non-hydrogen) atoms. The molecule has 0 saturated carbocycles. The second-order valence-electron chi connectivity index (χ2n) is 7.90. The van der Waals surface area contributed by atoms with Crippen LogP contribution in [-0.2, 0) is 28.5 Å². The molecule has 12 heteroatoms. The fourth-order valence-corrected chi connectivity index (χ4v) is 3.24. The molecule has 0 aliphatic rings. The van der Waals surface area contributed by atoms with Gasteiger partial charge in [0.2, 0.25) is 12.6 Å². The fraction of sp³-hybridized carbons (Fsp3) is 0.533. The predicted octanol–water partition coefficient (Wildman–Crippen LogP) is 2.61. The summed E-state index contributed by atoms with van der Waals surface area (Å²) in [6, 6.07) is 13.7. The van der Waals surface area contributed by atoms with Crippen LogP contribution < -0.4 is 9.47 Å². The number of aliphatic hydroxyl groups excluding tert-OH is 4. The van der Waals surface area contributed by atoms with E-state index in [2.05, 4.69) is 9.47 Å². The van der Waals surface area contributed by atoms with Crippen LogP contribution in [0.25, 0.3) is 0 Å². The lowest BCUT2D eigenvalue weighted by Gasteiger charge is -2.21. The average molecular weight is 601 g/mol. The Morgan fingerprint density at radius 1 is 0.667 bits per heavy atom. The molecule has 4 unspecified atom stereocenters. The molecular formula is C30H48O12. The van der Waals surface area contributed by atoms with Gasteiger partial charge < -0.3 is 48.8 Å². The van der Waals surface area contributed by atoms with Crippen LogP contribution in [0.1, 0.15) is 50.7 Å². The van der Waals surface area contributed by atoms with Crippen molar-refractivity contribution in [2.45, 2.75) is 52.1 Å². The summed E-state index contributed by atoms with van der Waals surface area (Å²) in [5.41, 5.74) is 1.25. The van der Waals surface area contributed by atoms with Crippen LogP contribution >= 0.6 is 0 Å². The van der Waals surface area contributed by atoms with Crippen LogP contribution in [0.4, 0.5) is 0 Å². The van der Waals surface area contributed by atoms with E-state index < -0.39 is 24.4 Å². The first-order valence-corrected chi connectivity index (χ1v) is 13.5. The van der Waals surface area contributed by atoms with Crippen molar-refractivity contribution < 1.29 is 58.4 Å². The molecule has 0 aliphatic carbocycles. The van der Waals surface area contributed by atoms with E-state index in [0.29, 0.717) is 22.6 Å². The highest BCUT2D eigenvalue weighted by molar-refractivity contribution is 5.40. The van der Waals surface area contributed by atoms with Crippen molar-refractivity contribution in [3.8, 4) is 11.5 Å². The molecule has 2 rings (SSSR count). The molecule has 0 amide bonds. The molecule has 0 fully saturated rings. The van der Waals surface area contributed by atoms with Gasteiger partial charge in [-0.25, -0.2) is 0 Å². The summed E-state index contributed by atoms with van der Waals surface area (Å²) in [6.45, 7) is 11.0. The highest BCUT2D eigenvalue weighted by Gasteiger charge is 2.24. The van der Waals surface area contributed by atoms with Gasteiger partial charge in [-0.15, -0.1) is 0 Å². The van der Waals surface area contributed by atoms with Crippen molar-refractivity contribution in [2.75, 3.05) is 53.9 Å². The van der Waals surface area contributed by atoms with Crippen molar-refractivity contribution in [1.82, 2.24) is 0 Å². The quantitative estimate of drug-likeness (QED) is 0.164. The molecule has 0 aliphatic heterocycles. The van der Waals surface area contributed by atoms with Crippen LogP contribution in [0.5, 0.6) is 11.5 Å². The maximum absolute atomic E-state index is 10.1. The van der Waals surface area contributed by atoms with Gasteiger partial charge in [-0.3, -0.25) is 9.59 Å². The third kappa shape index (κ3) is 17.5. The van der Waals surface area contributed by atoms with Crippen LogP contribution in [0.3, 0.4) is 0 Å². The number of rotatable bonds is 16. The van der Waals surface area contributed by atoms with Gasteiger partial charge in [-0.1, -0.05) is 30.3 Å². The van der Waals surface area contributed by atoms with Crippen molar-refractivity contribution in [1.29, 1.82) is 0 Å². The maximum atomic E-state index is 10.1. The number of methoxy groups -OCH3 is 2. The number of para-hydroxylation sites is 1. The molecule has 4 atom stereocenters. The highest BCUT2D eigenvalue weighted by Crippen LogP contribution is 2.28. The van der Waals surface area contributed by atoms with Crippen LogP contribution in [0.15, 0.2) is 48.5 Å². The monoisotopic (exact) mass is 600 g/mol. The molecule has 0 bridgehead atoms. The molecule has 4 N–H and O–H groups in total. The van der Waals surface area contributed by atoms with Crippen LogP contribution in [0, 0.1) is 0 Å². The summed E-state index contributed by atoms with van der Waals surface area (Å²) in [4.78, 5) is 20.2. The van der Waals surface area contributed by atoms with Crippen molar-refractivity contribution >= 4 is 12.9 Å². The van der Waals surface area contributed by atoms with Gasteiger partial charge in [0.15, 0.2) is 0 Å². The Kier molecular flexibility index (Phi) is 27.1. The summed E-state index contributed by atoms with van der Waals surface area (Å²) < 4.78 is 28.5. The number of hydrogen-bond acceptors (Lipinski definition) is 12. The number of benzene rings is 2. The molecular weight excluding hydrogens is 552 g/mol. The number of aliphatic hydroxyl groups is 4. The second kappa shape index (κ2) is 27.9. The van der Waals surface area contributed by atoms with Gasteiger partial charge in [-0.2, -0.15) is 0 Å². The lowest BCUT2D eigenvalue weighted by molar-refractivity contribution is -0.158. The average Bonchev–Trinajstić information content (AvgIpc) is 3.00. The van der Waals surface area contributed by atoms with E-state index in [1.165, 1.54) is 7.11 Å². The molecule has 2 aromatic rings. The Balaban J connectivity index is 0. The Hall–Kier alpha value is -3.26. The molecule has 2 aromatic carbocycles. The SMILES string of the molecule is CCOCC.CCOCC.COc1ccc(C(CO)C(O)OC=O)cc1.COc1ccccc1C(CO)C(O)OC=O. The first-order valence-electron chi connectivity index (χ1n) is 13.5. The lowest BCUT2D eigenvalue weighted by Crippen LogP contribution is -2.24. The van der Waals surface area contributed by atoms with Crippen molar-refractivity contribution in [3.63, 3.8) is 0 Å². The Morgan fingerprint density at radius 3 is 1.48 bits per heavy atom. The fourth-order valence-electron chi connectivity index (χ4n) is 3.24. The van der Waals surface area contributed by atoms with Crippen LogP contribution in [-0.4, -0.2) is 99.8 Å². The smallest absolute Gasteiger partial charge is 0.295 e. The largest absolute Gasteiger partial charge is 0.497 e. The third-order valence-electron chi connectivity index (χ3n) is 5.37. The lowest BCUT2D eigenvalue weighted by atomic mass is 9.98. The molecule has 0 radical (unpaired) electrons. The molecule has 0 spiro atoms. The molecule has 12 nitrogen and oxygen atoms in total. The normalized spacial score (nSPS) is 12.6. The van der Waals surface area contributed by atoms with E-state index >= 15 is 0 Å². The van der Waals surface area contributed by atoms with E-state index in [-0.39, 0.29) is 26.2 Å². The van der Waals surface area contributed by atoms with Gasteiger partial charge in [0.25, 0.3) is 12.9 Å². The summed E-state index contributed by atoms with van der Waals surface area (Å²) in [5.74, 6) is -0.182. The van der Waals surface area contributed by atoms with Gasteiger partial charge in [-0.05, 0) is 51.5 Å². The van der Waals surface area contributed by atoms with E-state index in [0.717, 1.165) is 26.4 Å². The molecule has 0 heterocycles. The summed E-state index contributed by atoms with van der Waals surface area (Å²) >= 11 is 0. The minimum atomic E-state index is -1.39. The Morgan fingerprint density at radius 2 is 1.12 bits per heavy atom. The van der Waals surface area contributed by atoms with E-state index in [9.17, 15) is 24.9 Å². The first kappa shape index (κ1) is 40.9. The third-order valence-corrected chi connectivity index (χ3v) is 5.37. The van der Waals surface area contributed by atoms with E-state index in [4.69, 9.17) is 24.1 Å². The van der Waals surface area contributed by atoms with Crippen LogP contribution in [0.2, 0.25) is 0 Å². The maximum Gasteiger partial charge on any atom is 0.295 e. The van der Waals surface area contributed by atoms with Crippen molar-refractivity contribution in [3.05, 3.63) is 59.7 Å². The molecule has 0 saturated heterocycles. The van der Waals surface area contributed by atoms with E-state index in [1.54, 1.807) is 55.6 Å². The highest BCUT2D eigenvalue weighted by atomic mass is 16.6. The zero-order chi connectivity index (χ0) is 32.2. The number of hydrogen-bond donors (Lipinski definition) is 4. The standard InChI is InChI=1S/2C11H14O5.2C4H10O/c1-15-9-4-2-8(3-5-9)10(6-12)11(14)16-7-13;1-15-10-5-3-2-4-8(10)9(6-12)11(14)16-7-13;2*1-3-5-4-2/h2-5,7,10-12,14H,6H2,1H3;2-5,7,9,11-12,14H,6H2,1H3;2*3-4H2,1-2H3. The zero-order valence-electron chi connectivity index (χ0n) is 25.4. The second-order valence-corrected chi connectivity index (χ2v) is 7.90. The van der Waals surface area contributed by atoms with Gasteiger partial charge in [0.05, 0.1) is 39.3 Å². The topological polar surface area (TPSA) is 170 Å². The summed E-state index contributed by atoms with van der Waals surface area (Å²) in [5, 5.41) is 37.3. The van der Waals surface area contributed by atoms with E-state index in [1.807, 2.05) is 27.7 Å². The first-order chi connectivity index (χ1) is 20.3. The number of carbonyl (C=O) groups is 2. The van der Waals surface area contributed by atoms with Gasteiger partial charge in [0.1, 0.15) is 11.5 Å². The zero-order valence-corrected chi connectivity index (χ0v) is 25.4. The van der Waals surface area contributed by atoms with Gasteiger partial charge in [0, 0.05) is 32.0 Å². The predicted molar refractivity (Wildman–Crippen MR) is 156 cm³/mol. The summed E-state index contributed by atoms with van der Waals surface area (Å²) in [6.07, 6.45) is -2.74. The number of carbonyl (C=O) groups excluding carboxylic acids is 2. The molecule has 240 valence electrons. The minimum Gasteiger partial charge on any atom is -0.497 e. The molecule has 0 aromatic heterocycles. The summed E-state index contributed by atoms with van der Waals surface area (Å²) in [7, 11) is 3.03.